The number of nitrogens with one attached hydrogen (secondary N) is 1. The molecule has 5 nitrogen and oxygen atoms in total. The Labute approximate surface area is 166 Å². The molecule has 0 radical (unpaired) electrons. The molecule has 0 saturated carbocycles. The highest BCUT2D eigenvalue weighted by Gasteiger charge is 2.29. The van der Waals surface area contributed by atoms with E-state index in [0.29, 0.717) is 0 Å². The molecule has 27 heavy (non-hydrogen) atoms. The van der Waals surface area contributed by atoms with Gasteiger partial charge in [-0.3, -0.25) is 9.80 Å². The highest BCUT2D eigenvalue weighted by atomic mass is 32.1. The number of aromatic nitrogens is 2. The second-order valence-corrected chi connectivity index (χ2v) is 8.98. The second kappa shape index (κ2) is 7.07. The number of para-hydroxylation sites is 2. The minimum atomic E-state index is 0.840. The summed E-state index contributed by atoms with van der Waals surface area (Å²) in [6, 6.07) is 16.8. The summed E-state index contributed by atoms with van der Waals surface area (Å²) in [5.41, 5.74) is 2.18. The first-order valence-electron chi connectivity index (χ1n) is 9.35. The Hall–Kier alpha value is -2.22. The number of nitrogens with zero attached hydrogens (tertiary/aromatic N) is 4. The van der Waals surface area contributed by atoms with E-state index in [2.05, 4.69) is 65.3 Å². The third kappa shape index (κ3) is 3.26. The van der Waals surface area contributed by atoms with Crippen LogP contribution in [0, 0.1) is 0 Å². The predicted octanol–water partition coefficient (Wildman–Crippen LogP) is 3.40. The Morgan fingerprint density at radius 1 is 0.852 bits per heavy atom. The third-order valence-electron chi connectivity index (χ3n) is 4.88. The molecule has 1 saturated heterocycles. The van der Waals surface area contributed by atoms with E-state index >= 15 is 0 Å². The standard InChI is InChI=1S/C20H21N5S2/c1-2-11-23-12-24(19-21-15-7-3-5-9-17(15)26-19)14-25(13-23)20-22-16-8-4-6-10-18(16)27-20/h3-10H,2,11-14H2,1H3/p+1. The Kier molecular flexibility index (Phi) is 4.43. The minimum Gasteiger partial charge on any atom is -0.301 e. The van der Waals surface area contributed by atoms with E-state index in [4.69, 9.17) is 9.97 Å². The van der Waals surface area contributed by atoms with Crippen LogP contribution < -0.4 is 14.7 Å². The van der Waals surface area contributed by atoms with Crippen LogP contribution in [0.5, 0.6) is 0 Å². The summed E-state index contributed by atoms with van der Waals surface area (Å²) in [6.45, 7) is 6.24. The molecule has 1 aliphatic heterocycles. The molecule has 138 valence electrons. The van der Waals surface area contributed by atoms with Crippen molar-refractivity contribution in [2.75, 3.05) is 36.4 Å². The van der Waals surface area contributed by atoms with Gasteiger partial charge in [0.25, 0.3) is 0 Å². The largest absolute Gasteiger partial charge is 0.301 e. The maximum Gasteiger partial charge on any atom is 0.192 e. The Bertz CT molecular complexity index is 924. The van der Waals surface area contributed by atoms with Crippen molar-refractivity contribution in [3.8, 4) is 0 Å². The minimum absolute atomic E-state index is 0.840. The summed E-state index contributed by atoms with van der Waals surface area (Å²) in [5, 5.41) is 2.21. The Morgan fingerprint density at radius 2 is 1.37 bits per heavy atom. The molecule has 0 atom stereocenters. The van der Waals surface area contributed by atoms with Crippen LogP contribution >= 0.6 is 22.7 Å². The van der Waals surface area contributed by atoms with Crippen molar-refractivity contribution in [2.45, 2.75) is 13.3 Å². The summed E-state index contributed by atoms with van der Waals surface area (Å²) < 4.78 is 2.50. The first-order chi connectivity index (χ1) is 13.3. The van der Waals surface area contributed by atoms with E-state index in [9.17, 15) is 0 Å². The van der Waals surface area contributed by atoms with Crippen LogP contribution in [0.4, 0.5) is 10.3 Å². The van der Waals surface area contributed by atoms with Crippen LogP contribution in [0.2, 0.25) is 0 Å². The number of fused-ring (bicyclic) bond motifs is 2. The molecule has 2 aromatic carbocycles. The third-order valence-corrected chi connectivity index (χ3v) is 7.07. The molecule has 0 aliphatic carbocycles. The van der Waals surface area contributed by atoms with Gasteiger partial charge in [0, 0.05) is 0 Å². The zero-order valence-electron chi connectivity index (χ0n) is 15.3. The fraction of sp³-hybridized carbons (Fsp3) is 0.300. The van der Waals surface area contributed by atoms with Gasteiger partial charge in [-0.25, -0.2) is 9.97 Å². The van der Waals surface area contributed by atoms with Gasteiger partial charge in [0.05, 0.1) is 27.0 Å². The second-order valence-electron chi connectivity index (χ2n) is 6.97. The lowest BCUT2D eigenvalue weighted by molar-refractivity contribution is -0.902. The van der Waals surface area contributed by atoms with Gasteiger partial charge in [-0.2, -0.15) is 0 Å². The van der Waals surface area contributed by atoms with Crippen molar-refractivity contribution in [2.24, 2.45) is 0 Å². The number of hydrogen-bond acceptors (Lipinski definition) is 6. The Morgan fingerprint density at radius 3 is 1.85 bits per heavy atom. The topological polar surface area (TPSA) is 36.7 Å². The molecular weight excluding hydrogens is 374 g/mol. The van der Waals surface area contributed by atoms with Gasteiger partial charge < -0.3 is 4.90 Å². The van der Waals surface area contributed by atoms with E-state index in [1.165, 1.54) is 15.8 Å². The normalized spacial score (nSPS) is 15.9. The van der Waals surface area contributed by atoms with E-state index in [0.717, 1.165) is 47.8 Å². The average molecular weight is 397 g/mol. The van der Waals surface area contributed by atoms with Crippen LogP contribution in [-0.4, -0.2) is 36.5 Å². The maximum absolute atomic E-state index is 4.89. The van der Waals surface area contributed by atoms with Crippen LogP contribution in [0.3, 0.4) is 0 Å². The zero-order chi connectivity index (χ0) is 18.2. The molecule has 0 amide bonds. The summed E-state index contributed by atoms with van der Waals surface area (Å²) in [6.07, 6.45) is 1.18. The molecule has 1 N–H and O–H groups in total. The van der Waals surface area contributed by atoms with Crippen molar-refractivity contribution in [1.29, 1.82) is 0 Å². The molecule has 0 bridgehead atoms. The molecule has 2 aromatic heterocycles. The van der Waals surface area contributed by atoms with Crippen molar-refractivity contribution in [3.05, 3.63) is 48.5 Å². The lowest BCUT2D eigenvalue weighted by Gasteiger charge is -2.39. The molecule has 1 fully saturated rings. The van der Waals surface area contributed by atoms with Gasteiger partial charge in [0.15, 0.2) is 23.6 Å². The summed E-state index contributed by atoms with van der Waals surface area (Å²) in [4.78, 5) is 16.2. The molecule has 4 aromatic rings. The molecule has 3 heterocycles. The summed E-state index contributed by atoms with van der Waals surface area (Å²) in [5.74, 6) is 0. The first-order valence-corrected chi connectivity index (χ1v) is 11.0. The molecule has 1 aliphatic rings. The zero-order valence-corrected chi connectivity index (χ0v) is 16.9. The van der Waals surface area contributed by atoms with Crippen molar-refractivity contribution in [1.82, 2.24) is 9.97 Å². The van der Waals surface area contributed by atoms with Gasteiger partial charge in [0.2, 0.25) is 0 Å². The van der Waals surface area contributed by atoms with Gasteiger partial charge in [-0.15, -0.1) is 0 Å². The van der Waals surface area contributed by atoms with Gasteiger partial charge in [-0.1, -0.05) is 53.9 Å². The summed E-state index contributed by atoms with van der Waals surface area (Å²) in [7, 11) is 0. The molecular formula is C20H22N5S2+. The van der Waals surface area contributed by atoms with E-state index in [1.54, 1.807) is 27.6 Å². The lowest BCUT2D eigenvalue weighted by atomic mass is 10.3. The average Bonchev–Trinajstić information content (AvgIpc) is 3.32. The number of quaternary nitrogens is 1. The predicted molar refractivity (Wildman–Crippen MR) is 115 cm³/mol. The fourth-order valence-electron chi connectivity index (χ4n) is 3.65. The van der Waals surface area contributed by atoms with Crippen LogP contribution in [0.1, 0.15) is 13.3 Å². The molecule has 0 unspecified atom stereocenters. The number of thiazole rings is 2. The van der Waals surface area contributed by atoms with Gasteiger partial charge in [0.1, 0.15) is 6.67 Å². The van der Waals surface area contributed by atoms with Crippen molar-refractivity contribution < 1.29 is 4.90 Å². The SMILES string of the molecule is CCC[NH+]1CN(c2nc3ccccc3s2)CN(c2nc3ccccc3s2)C1. The number of rotatable bonds is 4. The van der Waals surface area contributed by atoms with Crippen LogP contribution in [0.15, 0.2) is 48.5 Å². The lowest BCUT2D eigenvalue weighted by Crippen LogP contribution is -3.17. The van der Waals surface area contributed by atoms with Gasteiger partial charge in [-0.05, 0) is 30.7 Å². The van der Waals surface area contributed by atoms with Crippen molar-refractivity contribution in [3.63, 3.8) is 0 Å². The fourth-order valence-corrected chi connectivity index (χ4v) is 5.57. The smallest absolute Gasteiger partial charge is 0.192 e. The molecule has 5 rings (SSSR count). The van der Waals surface area contributed by atoms with E-state index in [1.807, 2.05) is 0 Å². The quantitative estimate of drug-likeness (QED) is 0.574. The monoisotopic (exact) mass is 396 g/mol. The number of benzene rings is 2. The maximum atomic E-state index is 4.89. The van der Waals surface area contributed by atoms with Crippen LogP contribution in [-0.2, 0) is 0 Å². The van der Waals surface area contributed by atoms with Crippen LogP contribution in [0.25, 0.3) is 20.4 Å². The highest BCUT2D eigenvalue weighted by Crippen LogP contribution is 2.31. The highest BCUT2D eigenvalue weighted by molar-refractivity contribution is 7.22. The number of anilines is 2. The summed E-state index contributed by atoms with van der Waals surface area (Å²) >= 11 is 3.57. The molecule has 7 heteroatoms. The van der Waals surface area contributed by atoms with Crippen molar-refractivity contribution >= 4 is 53.4 Å². The molecule has 0 spiro atoms. The van der Waals surface area contributed by atoms with E-state index < -0.39 is 0 Å². The Balaban J connectivity index is 1.48. The first kappa shape index (κ1) is 16.9. The van der Waals surface area contributed by atoms with E-state index in [-0.39, 0.29) is 0 Å². The van der Waals surface area contributed by atoms with Gasteiger partial charge >= 0.3 is 0 Å². The number of hydrogen-bond donors (Lipinski definition) is 1.